The van der Waals surface area contributed by atoms with Crippen molar-refractivity contribution in [3.05, 3.63) is 56.8 Å². The van der Waals surface area contributed by atoms with Gasteiger partial charge >= 0.3 is 0 Å². The lowest BCUT2D eigenvalue weighted by Gasteiger charge is -2.13. The van der Waals surface area contributed by atoms with E-state index in [1.165, 1.54) is 11.3 Å². The van der Waals surface area contributed by atoms with Crippen molar-refractivity contribution in [2.75, 3.05) is 25.6 Å². The second-order valence-electron chi connectivity index (χ2n) is 7.76. The first-order valence-electron chi connectivity index (χ1n) is 10.7. The lowest BCUT2D eigenvalue weighted by Crippen LogP contribution is -2.30. The third-order valence-corrected chi connectivity index (χ3v) is 6.72. The summed E-state index contributed by atoms with van der Waals surface area (Å²) in [7, 11) is 1.63. The van der Waals surface area contributed by atoms with E-state index in [1.54, 1.807) is 25.4 Å². The Bertz CT molecular complexity index is 1200. The number of thiophene rings is 1. The summed E-state index contributed by atoms with van der Waals surface area (Å²) in [6.45, 7) is 0.849. The van der Waals surface area contributed by atoms with E-state index in [2.05, 4.69) is 15.7 Å². The highest BCUT2D eigenvalue weighted by atomic mass is 32.1. The largest absolute Gasteiger partial charge is 0.385 e. The van der Waals surface area contributed by atoms with E-state index in [0.717, 1.165) is 46.2 Å². The molecule has 1 aliphatic carbocycles. The number of hydrogen-bond donors (Lipinski definition) is 2. The summed E-state index contributed by atoms with van der Waals surface area (Å²) in [6, 6.07) is 7.14. The first-order chi connectivity index (χ1) is 15.6. The normalized spacial score (nSPS) is 13.0. The van der Waals surface area contributed by atoms with Crippen LogP contribution < -0.4 is 16.2 Å². The number of amides is 2. The van der Waals surface area contributed by atoms with Crippen molar-refractivity contribution in [1.29, 1.82) is 0 Å². The molecule has 2 N–H and O–H groups in total. The van der Waals surface area contributed by atoms with Gasteiger partial charge in [0.05, 0.1) is 17.1 Å². The third-order valence-electron chi connectivity index (χ3n) is 5.52. The molecule has 0 unspecified atom stereocenters. The lowest BCUT2D eigenvalue weighted by molar-refractivity contribution is -0.116. The van der Waals surface area contributed by atoms with E-state index >= 15 is 0 Å². The van der Waals surface area contributed by atoms with Crippen LogP contribution >= 0.6 is 11.3 Å². The van der Waals surface area contributed by atoms with Gasteiger partial charge in [0.2, 0.25) is 5.91 Å². The predicted molar refractivity (Wildman–Crippen MR) is 124 cm³/mol. The summed E-state index contributed by atoms with van der Waals surface area (Å²) >= 11 is 1.45. The highest BCUT2D eigenvalue weighted by molar-refractivity contribution is 7.17. The second-order valence-corrected chi connectivity index (χ2v) is 8.87. The quantitative estimate of drug-likeness (QED) is 0.510. The minimum atomic E-state index is -0.387. The van der Waals surface area contributed by atoms with Gasteiger partial charge in [-0.25, -0.2) is 4.68 Å². The molecular weight excluding hydrogens is 428 g/mol. The van der Waals surface area contributed by atoms with E-state index in [9.17, 15) is 14.4 Å². The fourth-order valence-corrected chi connectivity index (χ4v) is 5.25. The van der Waals surface area contributed by atoms with Crippen LogP contribution in [-0.2, 0) is 28.9 Å². The van der Waals surface area contributed by atoms with Gasteiger partial charge in [0.25, 0.3) is 11.5 Å². The number of nitrogens with zero attached hydrogens (tertiary/aromatic N) is 2. The minimum absolute atomic E-state index is 0.184. The van der Waals surface area contributed by atoms with Crippen LogP contribution in [0.25, 0.3) is 10.8 Å². The molecule has 0 saturated heterocycles. The van der Waals surface area contributed by atoms with Crippen molar-refractivity contribution >= 4 is 38.9 Å². The van der Waals surface area contributed by atoms with Crippen LogP contribution in [0.15, 0.2) is 35.3 Å². The maximum Gasteiger partial charge on any atom is 0.275 e. The van der Waals surface area contributed by atoms with Gasteiger partial charge in [-0.05, 0) is 43.7 Å². The molecule has 1 aliphatic rings. The molecule has 0 atom stereocenters. The Morgan fingerprint density at radius 1 is 1.22 bits per heavy atom. The van der Waals surface area contributed by atoms with Gasteiger partial charge < -0.3 is 15.4 Å². The molecule has 3 aromatic rings. The Hall–Kier alpha value is -3.04. The SMILES string of the molecule is COCCCNC(=O)c1c(NC(=O)Cn2ncc3ccccc3c2=O)sc2c1CCCC2. The summed E-state index contributed by atoms with van der Waals surface area (Å²) in [5, 5.41) is 11.7. The molecular formula is C23H26N4O4S. The molecule has 0 spiro atoms. The van der Waals surface area contributed by atoms with E-state index in [-0.39, 0.29) is 23.9 Å². The van der Waals surface area contributed by atoms with Gasteiger partial charge in [-0.15, -0.1) is 11.3 Å². The van der Waals surface area contributed by atoms with Crippen LogP contribution in [0.2, 0.25) is 0 Å². The molecule has 0 saturated carbocycles. The van der Waals surface area contributed by atoms with Crippen LogP contribution in [0.5, 0.6) is 0 Å². The smallest absolute Gasteiger partial charge is 0.275 e. The number of ether oxygens (including phenoxy) is 1. The van der Waals surface area contributed by atoms with Crippen molar-refractivity contribution in [3.8, 4) is 0 Å². The van der Waals surface area contributed by atoms with Crippen molar-refractivity contribution < 1.29 is 14.3 Å². The fourth-order valence-electron chi connectivity index (χ4n) is 3.94. The first kappa shape index (κ1) is 22.2. The Balaban J connectivity index is 1.54. The van der Waals surface area contributed by atoms with Crippen LogP contribution in [-0.4, -0.2) is 41.9 Å². The Labute approximate surface area is 189 Å². The third kappa shape index (κ3) is 4.73. The Morgan fingerprint density at radius 2 is 2.03 bits per heavy atom. The van der Waals surface area contributed by atoms with Crippen LogP contribution in [0.1, 0.15) is 40.1 Å². The van der Waals surface area contributed by atoms with E-state index in [4.69, 9.17) is 4.74 Å². The van der Waals surface area contributed by atoms with Gasteiger partial charge in [-0.2, -0.15) is 5.10 Å². The standard InChI is InChI=1S/C23H26N4O4S/c1-31-12-6-11-24-21(29)20-17-9-4-5-10-18(17)32-22(20)26-19(28)14-27-23(30)16-8-3-2-7-15(16)13-25-27/h2-3,7-8,13H,4-6,9-12,14H2,1H3,(H,24,29)(H,26,28). The molecule has 2 aromatic heterocycles. The number of aromatic nitrogens is 2. The first-order valence-corrected chi connectivity index (χ1v) is 11.6. The summed E-state index contributed by atoms with van der Waals surface area (Å²) in [5.74, 6) is -0.571. The molecule has 4 rings (SSSR count). The van der Waals surface area contributed by atoms with Crippen molar-refractivity contribution in [2.24, 2.45) is 0 Å². The number of hydrogen-bond acceptors (Lipinski definition) is 6. The van der Waals surface area contributed by atoms with Crippen molar-refractivity contribution in [1.82, 2.24) is 15.1 Å². The average Bonchev–Trinajstić information content (AvgIpc) is 3.16. The summed E-state index contributed by atoms with van der Waals surface area (Å²) in [6.07, 6.45) is 6.13. The van der Waals surface area contributed by atoms with Crippen LogP contribution in [0.4, 0.5) is 5.00 Å². The number of rotatable bonds is 8. The van der Waals surface area contributed by atoms with Gasteiger partial charge in [0, 0.05) is 30.5 Å². The maximum atomic E-state index is 12.9. The predicted octanol–water partition coefficient (Wildman–Crippen LogP) is 2.74. The lowest BCUT2D eigenvalue weighted by atomic mass is 9.95. The van der Waals surface area contributed by atoms with Crippen LogP contribution in [0.3, 0.4) is 0 Å². The van der Waals surface area contributed by atoms with E-state index < -0.39 is 0 Å². The zero-order chi connectivity index (χ0) is 22.5. The number of carbonyl (C=O) groups excluding carboxylic acids is 2. The zero-order valence-corrected chi connectivity index (χ0v) is 18.8. The van der Waals surface area contributed by atoms with E-state index in [0.29, 0.717) is 35.5 Å². The Kier molecular flexibility index (Phi) is 6.96. The summed E-state index contributed by atoms with van der Waals surface area (Å²) in [4.78, 5) is 39.6. The molecule has 2 heterocycles. The number of carbonyl (C=O) groups is 2. The molecule has 0 bridgehead atoms. The van der Waals surface area contributed by atoms with Gasteiger partial charge in [0.1, 0.15) is 11.5 Å². The molecule has 9 heteroatoms. The second kappa shape index (κ2) is 10.1. The van der Waals surface area contributed by atoms with Gasteiger partial charge in [-0.3, -0.25) is 14.4 Å². The Morgan fingerprint density at radius 3 is 2.88 bits per heavy atom. The topological polar surface area (TPSA) is 102 Å². The highest BCUT2D eigenvalue weighted by Crippen LogP contribution is 2.38. The van der Waals surface area contributed by atoms with Gasteiger partial charge in [-0.1, -0.05) is 18.2 Å². The molecule has 168 valence electrons. The number of nitrogens with one attached hydrogen (secondary N) is 2. The fraction of sp³-hybridized carbons (Fsp3) is 0.391. The number of benzene rings is 1. The molecule has 0 radical (unpaired) electrons. The van der Waals surface area contributed by atoms with Gasteiger partial charge in [0.15, 0.2) is 0 Å². The van der Waals surface area contributed by atoms with Crippen molar-refractivity contribution in [3.63, 3.8) is 0 Å². The highest BCUT2D eigenvalue weighted by Gasteiger charge is 2.26. The number of aryl methyl sites for hydroxylation is 1. The molecule has 0 fully saturated rings. The molecule has 0 aliphatic heterocycles. The van der Waals surface area contributed by atoms with Crippen LogP contribution in [0, 0.1) is 0 Å². The molecule has 32 heavy (non-hydrogen) atoms. The minimum Gasteiger partial charge on any atom is -0.385 e. The van der Waals surface area contributed by atoms with Crippen molar-refractivity contribution in [2.45, 2.75) is 38.6 Å². The number of fused-ring (bicyclic) bond motifs is 2. The molecule has 1 aromatic carbocycles. The zero-order valence-electron chi connectivity index (χ0n) is 18.0. The number of methoxy groups -OCH3 is 1. The monoisotopic (exact) mass is 454 g/mol. The molecule has 2 amide bonds. The summed E-state index contributed by atoms with van der Waals surface area (Å²) in [5.41, 5.74) is 1.26. The molecule has 8 nitrogen and oxygen atoms in total. The average molecular weight is 455 g/mol. The maximum absolute atomic E-state index is 12.9. The summed E-state index contributed by atoms with van der Waals surface area (Å²) < 4.78 is 6.18. The number of anilines is 1. The van der Waals surface area contributed by atoms with E-state index in [1.807, 2.05) is 12.1 Å².